The Hall–Kier alpha value is -0.920. The van der Waals surface area contributed by atoms with Crippen molar-refractivity contribution in [1.82, 2.24) is 9.97 Å². The predicted octanol–water partition coefficient (Wildman–Crippen LogP) is 1.92. The van der Waals surface area contributed by atoms with Crippen molar-refractivity contribution in [3.63, 3.8) is 0 Å². The molecule has 58 valence electrons. The maximum atomic E-state index is 4.26. The van der Waals surface area contributed by atoms with Crippen LogP contribution in [0, 0.1) is 0 Å². The molecule has 1 aliphatic carbocycles. The molecule has 0 fully saturated rings. The number of hydrogen-bond donors (Lipinski definition) is 0. The molecule has 0 aliphatic heterocycles. The topological polar surface area (TPSA) is 25.8 Å². The summed E-state index contributed by atoms with van der Waals surface area (Å²) in [7, 11) is 0. The van der Waals surface area contributed by atoms with Gasteiger partial charge in [0, 0.05) is 11.9 Å². The smallest absolute Gasteiger partial charge is 0.115 e. The second-order valence-electron chi connectivity index (χ2n) is 3.22. The summed E-state index contributed by atoms with van der Waals surface area (Å²) in [5, 5.41) is 0. The van der Waals surface area contributed by atoms with E-state index in [4.69, 9.17) is 0 Å². The highest BCUT2D eigenvalue weighted by atomic mass is 14.8. The molecule has 2 rings (SSSR count). The molecular formula is C9H12N2. The van der Waals surface area contributed by atoms with E-state index in [9.17, 15) is 0 Å². The quantitative estimate of drug-likeness (QED) is 0.561. The molecule has 0 N–H and O–H groups in total. The van der Waals surface area contributed by atoms with Crippen molar-refractivity contribution in [1.29, 1.82) is 0 Å². The van der Waals surface area contributed by atoms with Gasteiger partial charge in [0.1, 0.15) is 6.33 Å². The molecule has 0 bridgehead atoms. The van der Waals surface area contributed by atoms with E-state index in [1.165, 1.54) is 24.1 Å². The molecule has 2 heteroatoms. The Morgan fingerprint density at radius 3 is 3.27 bits per heavy atom. The van der Waals surface area contributed by atoms with Crippen LogP contribution in [0.5, 0.6) is 0 Å². The first kappa shape index (κ1) is 6.77. The van der Waals surface area contributed by atoms with Crippen molar-refractivity contribution in [2.24, 2.45) is 0 Å². The summed E-state index contributed by atoms with van der Waals surface area (Å²) < 4.78 is 0. The van der Waals surface area contributed by atoms with E-state index in [0.29, 0.717) is 5.92 Å². The lowest BCUT2D eigenvalue weighted by molar-refractivity contribution is 0.574. The molecule has 1 aliphatic rings. The molecule has 1 atom stereocenters. The van der Waals surface area contributed by atoms with Gasteiger partial charge in [0.05, 0.1) is 0 Å². The first-order valence-corrected chi connectivity index (χ1v) is 4.16. The Bertz CT molecular complexity index is 257. The van der Waals surface area contributed by atoms with Crippen molar-refractivity contribution < 1.29 is 0 Å². The van der Waals surface area contributed by atoms with Gasteiger partial charge in [0.15, 0.2) is 0 Å². The van der Waals surface area contributed by atoms with Crippen LogP contribution in [0.15, 0.2) is 12.5 Å². The fourth-order valence-electron chi connectivity index (χ4n) is 1.72. The van der Waals surface area contributed by atoms with Crippen LogP contribution in [0.3, 0.4) is 0 Å². The minimum Gasteiger partial charge on any atom is -0.245 e. The summed E-state index contributed by atoms with van der Waals surface area (Å²) in [5.74, 6) is 0.667. The van der Waals surface area contributed by atoms with Crippen molar-refractivity contribution in [3.8, 4) is 0 Å². The standard InChI is InChI=1S/C9H12N2/c1-7-3-2-4-9-8(7)5-10-6-11-9/h5-7H,2-4H2,1H3. The third-order valence-corrected chi connectivity index (χ3v) is 2.41. The number of hydrogen-bond acceptors (Lipinski definition) is 2. The van der Waals surface area contributed by atoms with Crippen LogP contribution in [0.1, 0.15) is 36.9 Å². The van der Waals surface area contributed by atoms with Gasteiger partial charge in [0.2, 0.25) is 0 Å². The van der Waals surface area contributed by atoms with E-state index in [2.05, 4.69) is 16.9 Å². The molecule has 1 unspecified atom stereocenters. The summed E-state index contributed by atoms with van der Waals surface area (Å²) in [6, 6.07) is 0. The molecule has 2 nitrogen and oxygen atoms in total. The van der Waals surface area contributed by atoms with Crippen molar-refractivity contribution in [2.75, 3.05) is 0 Å². The second-order valence-corrected chi connectivity index (χ2v) is 3.22. The summed E-state index contributed by atoms with van der Waals surface area (Å²) in [6.45, 7) is 2.25. The zero-order chi connectivity index (χ0) is 7.68. The van der Waals surface area contributed by atoms with Gasteiger partial charge >= 0.3 is 0 Å². The largest absolute Gasteiger partial charge is 0.245 e. The molecule has 0 radical (unpaired) electrons. The van der Waals surface area contributed by atoms with Crippen molar-refractivity contribution >= 4 is 0 Å². The molecule has 0 spiro atoms. The number of nitrogens with zero attached hydrogens (tertiary/aromatic N) is 2. The summed E-state index contributed by atoms with van der Waals surface area (Å²) >= 11 is 0. The minimum absolute atomic E-state index is 0.667. The second kappa shape index (κ2) is 2.61. The molecule has 0 aromatic carbocycles. The lowest BCUT2D eigenvalue weighted by Gasteiger charge is -2.19. The molecule has 0 amide bonds. The van der Waals surface area contributed by atoms with Gasteiger partial charge in [-0.2, -0.15) is 0 Å². The Morgan fingerprint density at radius 2 is 2.45 bits per heavy atom. The van der Waals surface area contributed by atoms with Crippen molar-refractivity contribution in [2.45, 2.75) is 32.1 Å². The van der Waals surface area contributed by atoms with Crippen LogP contribution in [-0.4, -0.2) is 9.97 Å². The number of aryl methyl sites for hydroxylation is 1. The Labute approximate surface area is 66.7 Å². The van der Waals surface area contributed by atoms with Gasteiger partial charge in [-0.3, -0.25) is 0 Å². The summed E-state index contributed by atoms with van der Waals surface area (Å²) in [4.78, 5) is 8.30. The molecular weight excluding hydrogens is 136 g/mol. The SMILES string of the molecule is CC1CCCc2ncncc21. The minimum atomic E-state index is 0.667. The maximum absolute atomic E-state index is 4.26. The van der Waals surface area contributed by atoms with Crippen LogP contribution in [-0.2, 0) is 6.42 Å². The fraction of sp³-hybridized carbons (Fsp3) is 0.556. The average molecular weight is 148 g/mol. The lowest BCUT2D eigenvalue weighted by Crippen LogP contribution is -2.09. The molecule has 1 aromatic rings. The number of aromatic nitrogens is 2. The van der Waals surface area contributed by atoms with Gasteiger partial charge in [0.25, 0.3) is 0 Å². The maximum Gasteiger partial charge on any atom is 0.115 e. The van der Waals surface area contributed by atoms with Gasteiger partial charge in [-0.05, 0) is 30.7 Å². The predicted molar refractivity (Wildman–Crippen MR) is 43.4 cm³/mol. The Morgan fingerprint density at radius 1 is 1.55 bits per heavy atom. The van der Waals surface area contributed by atoms with Crippen LogP contribution >= 0.6 is 0 Å². The van der Waals surface area contributed by atoms with Gasteiger partial charge in [-0.1, -0.05) is 6.92 Å². The highest BCUT2D eigenvalue weighted by molar-refractivity contribution is 5.22. The molecule has 11 heavy (non-hydrogen) atoms. The Balaban J connectivity index is 2.44. The van der Waals surface area contributed by atoms with E-state index in [0.717, 1.165) is 6.42 Å². The van der Waals surface area contributed by atoms with E-state index in [1.807, 2.05) is 6.20 Å². The van der Waals surface area contributed by atoms with E-state index in [1.54, 1.807) is 6.33 Å². The molecule has 0 saturated carbocycles. The first-order valence-electron chi connectivity index (χ1n) is 4.16. The first-order chi connectivity index (χ1) is 5.38. The van der Waals surface area contributed by atoms with Crippen LogP contribution in [0.25, 0.3) is 0 Å². The average Bonchev–Trinajstić information content (AvgIpc) is 2.06. The fourth-order valence-corrected chi connectivity index (χ4v) is 1.72. The molecule has 1 aromatic heterocycles. The highest BCUT2D eigenvalue weighted by Gasteiger charge is 2.16. The Kier molecular flexibility index (Phi) is 1.60. The van der Waals surface area contributed by atoms with E-state index < -0.39 is 0 Å². The third-order valence-electron chi connectivity index (χ3n) is 2.41. The van der Waals surface area contributed by atoms with E-state index >= 15 is 0 Å². The lowest BCUT2D eigenvalue weighted by atomic mass is 9.88. The van der Waals surface area contributed by atoms with E-state index in [-0.39, 0.29) is 0 Å². The van der Waals surface area contributed by atoms with Crippen LogP contribution in [0.4, 0.5) is 0 Å². The highest BCUT2D eigenvalue weighted by Crippen LogP contribution is 2.28. The summed E-state index contributed by atoms with van der Waals surface area (Å²) in [6.07, 6.45) is 7.33. The zero-order valence-corrected chi connectivity index (χ0v) is 6.75. The van der Waals surface area contributed by atoms with Crippen LogP contribution in [0.2, 0.25) is 0 Å². The normalized spacial score (nSPS) is 22.8. The monoisotopic (exact) mass is 148 g/mol. The van der Waals surface area contributed by atoms with Gasteiger partial charge in [-0.15, -0.1) is 0 Å². The van der Waals surface area contributed by atoms with Gasteiger partial charge in [-0.25, -0.2) is 9.97 Å². The molecule has 1 heterocycles. The van der Waals surface area contributed by atoms with Crippen LogP contribution < -0.4 is 0 Å². The number of rotatable bonds is 0. The molecule has 0 saturated heterocycles. The third kappa shape index (κ3) is 1.13. The van der Waals surface area contributed by atoms with Gasteiger partial charge < -0.3 is 0 Å². The zero-order valence-electron chi connectivity index (χ0n) is 6.75. The van der Waals surface area contributed by atoms with Crippen molar-refractivity contribution in [3.05, 3.63) is 23.8 Å². The summed E-state index contributed by atoms with van der Waals surface area (Å²) in [5.41, 5.74) is 2.62. The number of fused-ring (bicyclic) bond motifs is 1.